The lowest BCUT2D eigenvalue weighted by Gasteiger charge is -2.25. The molecule has 1 aromatic rings. The van der Waals surface area contributed by atoms with Gasteiger partial charge in [-0.2, -0.15) is 0 Å². The van der Waals surface area contributed by atoms with Crippen molar-refractivity contribution in [1.82, 2.24) is 10.2 Å². The molecule has 0 amide bonds. The molecule has 0 bridgehead atoms. The standard InChI is InChI=1S/C13H20F2N2/c1-10-6-4-5-7-11(10)12(16-2)8-17(3)9-13(14)15/h4-7,12-13,16H,8-9H2,1-3H3. The molecule has 0 aliphatic rings. The molecule has 0 aliphatic heterocycles. The van der Waals surface area contributed by atoms with Gasteiger partial charge in [-0.3, -0.25) is 4.90 Å². The van der Waals surface area contributed by atoms with Crippen LogP contribution < -0.4 is 5.32 Å². The maximum atomic E-state index is 12.3. The summed E-state index contributed by atoms with van der Waals surface area (Å²) in [6.45, 7) is 2.42. The fourth-order valence-corrected chi connectivity index (χ4v) is 1.94. The molecule has 1 unspecified atom stereocenters. The van der Waals surface area contributed by atoms with Gasteiger partial charge in [-0.25, -0.2) is 8.78 Å². The van der Waals surface area contributed by atoms with Gasteiger partial charge in [0.2, 0.25) is 0 Å². The van der Waals surface area contributed by atoms with Gasteiger partial charge < -0.3 is 5.32 Å². The van der Waals surface area contributed by atoms with Gasteiger partial charge in [-0.15, -0.1) is 0 Å². The monoisotopic (exact) mass is 242 g/mol. The molecule has 17 heavy (non-hydrogen) atoms. The number of benzene rings is 1. The van der Waals surface area contributed by atoms with Crippen molar-refractivity contribution in [3.8, 4) is 0 Å². The van der Waals surface area contributed by atoms with E-state index in [-0.39, 0.29) is 12.6 Å². The van der Waals surface area contributed by atoms with E-state index in [0.717, 1.165) is 5.56 Å². The van der Waals surface area contributed by atoms with Crippen LogP contribution in [0.4, 0.5) is 8.78 Å². The number of aryl methyl sites for hydroxylation is 1. The summed E-state index contributed by atoms with van der Waals surface area (Å²) in [6.07, 6.45) is -2.28. The predicted octanol–water partition coefficient (Wildman–Crippen LogP) is 2.45. The van der Waals surface area contributed by atoms with Crippen LogP contribution in [0.1, 0.15) is 17.2 Å². The van der Waals surface area contributed by atoms with Gasteiger partial charge in [0.05, 0.1) is 6.54 Å². The van der Waals surface area contributed by atoms with Crippen molar-refractivity contribution in [2.45, 2.75) is 19.4 Å². The third kappa shape index (κ3) is 4.40. The number of hydrogen-bond donors (Lipinski definition) is 1. The molecule has 1 rings (SSSR count). The number of nitrogens with one attached hydrogen (secondary N) is 1. The van der Waals surface area contributed by atoms with Crippen molar-refractivity contribution in [2.75, 3.05) is 27.2 Å². The summed E-state index contributed by atoms with van der Waals surface area (Å²) in [6, 6.07) is 8.10. The number of alkyl halides is 2. The predicted molar refractivity (Wildman–Crippen MR) is 66.5 cm³/mol. The third-order valence-electron chi connectivity index (χ3n) is 2.86. The van der Waals surface area contributed by atoms with Crippen molar-refractivity contribution in [3.63, 3.8) is 0 Å². The molecule has 0 heterocycles. The third-order valence-corrected chi connectivity index (χ3v) is 2.86. The van der Waals surface area contributed by atoms with E-state index in [1.807, 2.05) is 38.2 Å². The SMILES string of the molecule is CNC(CN(C)CC(F)F)c1ccccc1C. The summed E-state index contributed by atoms with van der Waals surface area (Å²) in [5, 5.41) is 3.18. The van der Waals surface area contributed by atoms with Crippen LogP contribution in [0.5, 0.6) is 0 Å². The second-order valence-electron chi connectivity index (χ2n) is 4.31. The first kappa shape index (κ1) is 14.1. The number of rotatable bonds is 6. The van der Waals surface area contributed by atoms with E-state index in [2.05, 4.69) is 5.32 Å². The Bertz CT molecular complexity index is 342. The Balaban J connectivity index is 2.69. The molecule has 0 saturated heterocycles. The average molecular weight is 242 g/mol. The molecule has 96 valence electrons. The number of hydrogen-bond acceptors (Lipinski definition) is 2. The summed E-state index contributed by atoms with van der Waals surface area (Å²) >= 11 is 0. The Kier molecular flexibility index (Phi) is 5.51. The van der Waals surface area contributed by atoms with Crippen LogP contribution in [0, 0.1) is 6.92 Å². The van der Waals surface area contributed by atoms with Gasteiger partial charge in [0, 0.05) is 12.6 Å². The molecule has 1 atom stereocenters. The van der Waals surface area contributed by atoms with Gasteiger partial charge in [0.25, 0.3) is 6.43 Å². The summed E-state index contributed by atoms with van der Waals surface area (Å²) < 4.78 is 24.5. The summed E-state index contributed by atoms with van der Waals surface area (Å²) in [5.74, 6) is 0. The Hall–Kier alpha value is -1.00. The molecular formula is C13H20F2N2. The average Bonchev–Trinajstić information content (AvgIpc) is 2.26. The summed E-state index contributed by atoms with van der Waals surface area (Å²) in [7, 11) is 3.57. The molecule has 0 radical (unpaired) electrons. The second-order valence-corrected chi connectivity index (χ2v) is 4.31. The van der Waals surface area contributed by atoms with E-state index in [0.29, 0.717) is 6.54 Å². The van der Waals surface area contributed by atoms with Crippen LogP contribution in [-0.2, 0) is 0 Å². The van der Waals surface area contributed by atoms with Gasteiger partial charge in [-0.1, -0.05) is 24.3 Å². The Morgan fingerprint density at radius 3 is 2.41 bits per heavy atom. The van der Waals surface area contributed by atoms with Crippen molar-refractivity contribution >= 4 is 0 Å². The smallest absolute Gasteiger partial charge is 0.251 e. The lowest BCUT2D eigenvalue weighted by Crippen LogP contribution is -2.34. The quantitative estimate of drug-likeness (QED) is 0.824. The first-order valence-electron chi connectivity index (χ1n) is 5.74. The van der Waals surface area contributed by atoms with E-state index in [4.69, 9.17) is 0 Å². The van der Waals surface area contributed by atoms with E-state index >= 15 is 0 Å². The molecule has 0 saturated carbocycles. The molecule has 4 heteroatoms. The molecular weight excluding hydrogens is 222 g/mol. The zero-order valence-electron chi connectivity index (χ0n) is 10.6. The van der Waals surface area contributed by atoms with Gasteiger partial charge in [-0.05, 0) is 32.1 Å². The maximum absolute atomic E-state index is 12.3. The van der Waals surface area contributed by atoms with Crippen molar-refractivity contribution in [1.29, 1.82) is 0 Å². The van der Waals surface area contributed by atoms with E-state index in [1.54, 1.807) is 11.9 Å². The Labute approximate surface area is 102 Å². The minimum Gasteiger partial charge on any atom is -0.312 e. The van der Waals surface area contributed by atoms with Crippen LogP contribution >= 0.6 is 0 Å². The number of nitrogens with zero attached hydrogens (tertiary/aromatic N) is 1. The molecule has 1 N–H and O–H groups in total. The van der Waals surface area contributed by atoms with Crippen LogP contribution in [0.25, 0.3) is 0 Å². The minimum absolute atomic E-state index is 0.0833. The highest BCUT2D eigenvalue weighted by Gasteiger charge is 2.15. The van der Waals surface area contributed by atoms with Crippen LogP contribution in [0.15, 0.2) is 24.3 Å². The lowest BCUT2D eigenvalue weighted by molar-refractivity contribution is 0.0963. The van der Waals surface area contributed by atoms with E-state index in [1.165, 1.54) is 5.56 Å². The highest BCUT2D eigenvalue weighted by Crippen LogP contribution is 2.18. The molecule has 0 aromatic heterocycles. The molecule has 0 spiro atoms. The highest BCUT2D eigenvalue weighted by atomic mass is 19.3. The molecule has 2 nitrogen and oxygen atoms in total. The van der Waals surface area contributed by atoms with E-state index in [9.17, 15) is 8.78 Å². The maximum Gasteiger partial charge on any atom is 0.251 e. The first-order chi connectivity index (χ1) is 8.04. The first-order valence-corrected chi connectivity index (χ1v) is 5.74. The largest absolute Gasteiger partial charge is 0.312 e. The van der Waals surface area contributed by atoms with Crippen LogP contribution in [0.3, 0.4) is 0 Å². The molecule has 0 fully saturated rings. The van der Waals surface area contributed by atoms with Gasteiger partial charge >= 0.3 is 0 Å². The summed E-state index contributed by atoms with van der Waals surface area (Å²) in [4.78, 5) is 1.65. The fourth-order valence-electron chi connectivity index (χ4n) is 1.94. The molecule has 1 aromatic carbocycles. The number of halogens is 2. The fraction of sp³-hybridized carbons (Fsp3) is 0.538. The number of likely N-dealkylation sites (N-methyl/N-ethyl adjacent to an activating group) is 2. The van der Waals surface area contributed by atoms with E-state index < -0.39 is 6.43 Å². The van der Waals surface area contributed by atoms with Crippen molar-refractivity contribution < 1.29 is 8.78 Å². The van der Waals surface area contributed by atoms with Crippen LogP contribution in [0.2, 0.25) is 0 Å². The lowest BCUT2D eigenvalue weighted by atomic mass is 10.0. The van der Waals surface area contributed by atoms with Crippen molar-refractivity contribution in [2.24, 2.45) is 0 Å². The normalized spacial score (nSPS) is 13.4. The molecule has 0 aliphatic carbocycles. The zero-order chi connectivity index (χ0) is 12.8. The van der Waals surface area contributed by atoms with Gasteiger partial charge in [0.1, 0.15) is 0 Å². The van der Waals surface area contributed by atoms with Gasteiger partial charge in [0.15, 0.2) is 0 Å². The summed E-state index contributed by atoms with van der Waals surface area (Å²) in [5.41, 5.74) is 2.34. The van der Waals surface area contributed by atoms with Crippen LogP contribution in [-0.4, -0.2) is 38.5 Å². The van der Waals surface area contributed by atoms with Crippen molar-refractivity contribution in [3.05, 3.63) is 35.4 Å². The topological polar surface area (TPSA) is 15.3 Å². The zero-order valence-corrected chi connectivity index (χ0v) is 10.6. The minimum atomic E-state index is -2.28. The second kappa shape index (κ2) is 6.67. The Morgan fingerprint density at radius 2 is 1.88 bits per heavy atom. The highest BCUT2D eigenvalue weighted by molar-refractivity contribution is 5.28. The Morgan fingerprint density at radius 1 is 1.24 bits per heavy atom.